The van der Waals surface area contributed by atoms with Crippen molar-refractivity contribution in [3.05, 3.63) is 70.3 Å². The summed E-state index contributed by atoms with van der Waals surface area (Å²) < 4.78 is 0. The minimum absolute atomic E-state index is 0.0410. The molecule has 2 aromatic rings. The average Bonchev–Trinajstić information content (AvgIpc) is 3.06. The number of aliphatic imine (C=N–C) groups is 1. The first-order valence-electron chi connectivity index (χ1n) is 8.63. The van der Waals surface area contributed by atoms with E-state index in [1.807, 2.05) is 30.3 Å². The van der Waals surface area contributed by atoms with Gasteiger partial charge in [0.25, 0.3) is 5.69 Å². The number of rotatable bonds is 5. The number of anilines is 1. The van der Waals surface area contributed by atoms with Crippen LogP contribution in [0.5, 0.6) is 0 Å². The molecule has 1 aliphatic heterocycles. The van der Waals surface area contributed by atoms with Crippen LogP contribution in [0.2, 0.25) is 0 Å². The number of guanidine groups is 1. The van der Waals surface area contributed by atoms with Crippen LogP contribution in [0.3, 0.4) is 0 Å². The van der Waals surface area contributed by atoms with Crippen LogP contribution in [0, 0.1) is 10.1 Å². The Labute approximate surface area is 157 Å². The fraction of sp³-hybridized carbons (Fsp3) is 0.263. The van der Waals surface area contributed by atoms with Gasteiger partial charge in [-0.05, 0) is 17.7 Å². The van der Waals surface area contributed by atoms with E-state index in [2.05, 4.69) is 15.6 Å². The Bertz CT molecular complexity index is 836. The molecule has 1 heterocycles. The zero-order valence-electron chi connectivity index (χ0n) is 15.0. The van der Waals surface area contributed by atoms with Gasteiger partial charge in [0.15, 0.2) is 5.96 Å². The first kappa shape index (κ1) is 18.4. The highest BCUT2D eigenvalue weighted by atomic mass is 16.6. The fourth-order valence-electron chi connectivity index (χ4n) is 2.97. The number of nitro groups is 1. The quantitative estimate of drug-likeness (QED) is 0.365. The van der Waals surface area contributed by atoms with Crippen LogP contribution in [-0.2, 0) is 11.3 Å². The van der Waals surface area contributed by atoms with Crippen LogP contribution in [0.1, 0.15) is 12.0 Å². The summed E-state index contributed by atoms with van der Waals surface area (Å²) >= 11 is 0. The highest BCUT2D eigenvalue weighted by molar-refractivity contribution is 5.97. The molecule has 2 aromatic carbocycles. The van der Waals surface area contributed by atoms with Crippen molar-refractivity contribution in [1.29, 1.82) is 0 Å². The molecule has 27 heavy (non-hydrogen) atoms. The molecule has 0 spiro atoms. The van der Waals surface area contributed by atoms with E-state index in [1.165, 1.54) is 12.1 Å². The predicted molar refractivity (Wildman–Crippen MR) is 104 cm³/mol. The molecule has 1 unspecified atom stereocenters. The van der Waals surface area contributed by atoms with Crippen LogP contribution in [0.4, 0.5) is 11.4 Å². The Kier molecular flexibility index (Phi) is 5.65. The van der Waals surface area contributed by atoms with Gasteiger partial charge in [-0.25, -0.2) is 0 Å². The van der Waals surface area contributed by atoms with E-state index in [1.54, 1.807) is 24.1 Å². The van der Waals surface area contributed by atoms with Gasteiger partial charge >= 0.3 is 0 Å². The summed E-state index contributed by atoms with van der Waals surface area (Å²) in [6, 6.07) is 15.9. The molecular formula is C19H21N5O3. The standard InChI is InChI=1S/C19H21N5O3/c1-20-19(21-12-14-7-9-17(10-8-14)24(26)27)22-15-11-18(25)23(13-15)16-5-3-2-4-6-16/h2-10,15H,11-13H2,1H3,(H2,20,21,22). The Morgan fingerprint density at radius 1 is 1.22 bits per heavy atom. The first-order valence-corrected chi connectivity index (χ1v) is 8.63. The molecule has 0 bridgehead atoms. The highest BCUT2D eigenvalue weighted by Gasteiger charge is 2.30. The van der Waals surface area contributed by atoms with Gasteiger partial charge < -0.3 is 15.5 Å². The topological polar surface area (TPSA) is 99.9 Å². The molecule has 0 aliphatic carbocycles. The minimum atomic E-state index is -0.423. The first-order chi connectivity index (χ1) is 13.1. The smallest absolute Gasteiger partial charge is 0.269 e. The number of hydrogen-bond acceptors (Lipinski definition) is 4. The molecule has 2 N–H and O–H groups in total. The second-order valence-electron chi connectivity index (χ2n) is 6.23. The van der Waals surface area contributed by atoms with Gasteiger partial charge in [0, 0.05) is 44.4 Å². The van der Waals surface area contributed by atoms with E-state index < -0.39 is 4.92 Å². The van der Waals surface area contributed by atoms with E-state index in [0.717, 1.165) is 11.3 Å². The largest absolute Gasteiger partial charge is 0.352 e. The van der Waals surface area contributed by atoms with E-state index in [-0.39, 0.29) is 17.6 Å². The van der Waals surface area contributed by atoms with Gasteiger partial charge in [0.2, 0.25) is 5.91 Å². The highest BCUT2D eigenvalue weighted by Crippen LogP contribution is 2.21. The molecule has 8 heteroatoms. The normalized spacial score (nSPS) is 17.1. The van der Waals surface area contributed by atoms with Crippen LogP contribution < -0.4 is 15.5 Å². The maximum absolute atomic E-state index is 12.3. The van der Waals surface area contributed by atoms with Crippen molar-refractivity contribution in [2.24, 2.45) is 4.99 Å². The summed E-state index contributed by atoms with van der Waals surface area (Å²) in [7, 11) is 1.66. The lowest BCUT2D eigenvalue weighted by atomic mass is 10.2. The van der Waals surface area contributed by atoms with Crippen LogP contribution in [0.15, 0.2) is 59.6 Å². The van der Waals surface area contributed by atoms with E-state index in [4.69, 9.17) is 0 Å². The van der Waals surface area contributed by atoms with Gasteiger partial charge in [-0.2, -0.15) is 0 Å². The zero-order valence-corrected chi connectivity index (χ0v) is 15.0. The third-order valence-corrected chi connectivity index (χ3v) is 4.36. The van der Waals surface area contributed by atoms with E-state index in [9.17, 15) is 14.9 Å². The zero-order chi connectivity index (χ0) is 19.2. The average molecular weight is 367 g/mol. The molecule has 1 saturated heterocycles. The number of para-hydroxylation sites is 1. The van der Waals surface area contributed by atoms with Crippen molar-refractivity contribution in [2.75, 3.05) is 18.5 Å². The number of hydrogen-bond donors (Lipinski definition) is 2. The lowest BCUT2D eigenvalue weighted by Crippen LogP contribution is -2.44. The summed E-state index contributed by atoms with van der Waals surface area (Å²) in [5, 5.41) is 17.1. The molecule has 8 nitrogen and oxygen atoms in total. The van der Waals surface area contributed by atoms with Crippen molar-refractivity contribution in [1.82, 2.24) is 10.6 Å². The van der Waals surface area contributed by atoms with Crippen molar-refractivity contribution < 1.29 is 9.72 Å². The summed E-state index contributed by atoms with van der Waals surface area (Å²) in [4.78, 5) is 28.5. The summed E-state index contributed by atoms with van der Waals surface area (Å²) in [5.74, 6) is 0.658. The number of benzene rings is 2. The molecule has 140 valence electrons. The summed E-state index contributed by atoms with van der Waals surface area (Å²) in [5.41, 5.74) is 1.85. The van der Waals surface area contributed by atoms with Crippen molar-refractivity contribution in [3.63, 3.8) is 0 Å². The van der Waals surface area contributed by atoms with Gasteiger partial charge in [0.1, 0.15) is 0 Å². The molecule has 0 saturated carbocycles. The third kappa shape index (κ3) is 4.60. The minimum Gasteiger partial charge on any atom is -0.352 e. The number of nitrogens with zero attached hydrogens (tertiary/aromatic N) is 3. The fourth-order valence-corrected chi connectivity index (χ4v) is 2.97. The molecule has 3 rings (SSSR count). The Hall–Kier alpha value is -3.42. The number of amides is 1. The van der Waals surface area contributed by atoms with Crippen LogP contribution in [0.25, 0.3) is 0 Å². The number of non-ortho nitro benzene ring substituents is 1. The lowest BCUT2D eigenvalue weighted by molar-refractivity contribution is -0.384. The predicted octanol–water partition coefficient (Wildman–Crippen LogP) is 2.07. The molecule has 1 amide bonds. The molecular weight excluding hydrogens is 346 g/mol. The number of nitro benzene ring substituents is 1. The molecule has 1 fully saturated rings. The summed E-state index contributed by atoms with van der Waals surface area (Å²) in [6.07, 6.45) is 0.396. The van der Waals surface area contributed by atoms with E-state index in [0.29, 0.717) is 25.5 Å². The van der Waals surface area contributed by atoms with Crippen LogP contribution >= 0.6 is 0 Å². The second-order valence-corrected chi connectivity index (χ2v) is 6.23. The summed E-state index contributed by atoms with van der Waals surface area (Å²) in [6.45, 7) is 1.04. The molecule has 1 aliphatic rings. The number of carbonyl (C=O) groups is 1. The van der Waals surface area contributed by atoms with Gasteiger partial charge in [-0.1, -0.05) is 30.3 Å². The van der Waals surface area contributed by atoms with Crippen LogP contribution in [-0.4, -0.2) is 36.4 Å². The second kappa shape index (κ2) is 8.31. The molecule has 0 radical (unpaired) electrons. The Balaban J connectivity index is 1.55. The maximum atomic E-state index is 12.3. The van der Waals surface area contributed by atoms with Gasteiger partial charge in [0.05, 0.1) is 11.0 Å². The van der Waals surface area contributed by atoms with Gasteiger partial charge in [-0.15, -0.1) is 0 Å². The van der Waals surface area contributed by atoms with Crippen molar-refractivity contribution in [2.45, 2.75) is 19.0 Å². The van der Waals surface area contributed by atoms with E-state index >= 15 is 0 Å². The van der Waals surface area contributed by atoms with Crippen molar-refractivity contribution in [3.8, 4) is 0 Å². The Morgan fingerprint density at radius 2 is 1.93 bits per heavy atom. The molecule has 1 atom stereocenters. The SMILES string of the molecule is CN=C(NCc1ccc([N+](=O)[O-])cc1)NC1CC(=O)N(c2ccccc2)C1. The monoisotopic (exact) mass is 367 g/mol. The lowest BCUT2D eigenvalue weighted by Gasteiger charge is -2.19. The number of carbonyl (C=O) groups excluding carboxylic acids is 1. The van der Waals surface area contributed by atoms with Gasteiger partial charge in [-0.3, -0.25) is 19.9 Å². The number of nitrogens with one attached hydrogen (secondary N) is 2. The third-order valence-electron chi connectivity index (χ3n) is 4.36. The maximum Gasteiger partial charge on any atom is 0.269 e. The molecule has 0 aromatic heterocycles. The Morgan fingerprint density at radius 3 is 2.56 bits per heavy atom. The van der Waals surface area contributed by atoms with Crippen molar-refractivity contribution >= 4 is 23.2 Å².